The number of carbonyl (C=O) groups is 2. The number of halogens is 3. The summed E-state index contributed by atoms with van der Waals surface area (Å²) in [6.07, 6.45) is -4.26. The number of rotatable bonds is 3. The van der Waals surface area contributed by atoms with Crippen LogP contribution in [0.3, 0.4) is 0 Å². The SMILES string of the molecule is O=C(O)[C@@H]1CN(C(=O)C2CC(c3ccccc3)NN2)C[C@H]1C(F)(F)F. The zero-order valence-electron chi connectivity index (χ0n) is 13.2. The number of nitrogens with zero attached hydrogens (tertiary/aromatic N) is 1. The lowest BCUT2D eigenvalue weighted by atomic mass is 9.96. The van der Waals surface area contributed by atoms with Crippen molar-refractivity contribution in [1.29, 1.82) is 0 Å². The number of hydrogen-bond donors (Lipinski definition) is 3. The number of carbonyl (C=O) groups excluding carboxylic acids is 1. The molecule has 2 fully saturated rings. The molecule has 1 aromatic rings. The molecule has 1 amide bonds. The molecule has 2 saturated heterocycles. The van der Waals surface area contributed by atoms with Crippen LogP contribution in [0.15, 0.2) is 30.3 Å². The van der Waals surface area contributed by atoms with Crippen LogP contribution in [0.2, 0.25) is 0 Å². The molecule has 136 valence electrons. The maximum atomic E-state index is 13.0. The van der Waals surface area contributed by atoms with Crippen molar-refractivity contribution in [2.75, 3.05) is 13.1 Å². The van der Waals surface area contributed by atoms with Crippen LogP contribution < -0.4 is 10.9 Å². The molecular formula is C16H18F3N3O3. The summed E-state index contributed by atoms with van der Waals surface area (Å²) in [4.78, 5) is 24.7. The van der Waals surface area contributed by atoms with Crippen LogP contribution in [0.1, 0.15) is 18.0 Å². The van der Waals surface area contributed by atoms with Crippen molar-refractivity contribution in [1.82, 2.24) is 15.8 Å². The van der Waals surface area contributed by atoms with Gasteiger partial charge in [-0.15, -0.1) is 0 Å². The van der Waals surface area contributed by atoms with Crippen LogP contribution in [0.4, 0.5) is 13.2 Å². The Labute approximate surface area is 142 Å². The van der Waals surface area contributed by atoms with E-state index in [2.05, 4.69) is 10.9 Å². The maximum absolute atomic E-state index is 13.0. The Morgan fingerprint density at radius 1 is 1.12 bits per heavy atom. The molecule has 0 bridgehead atoms. The van der Waals surface area contributed by atoms with E-state index < -0.39 is 49.0 Å². The summed E-state index contributed by atoms with van der Waals surface area (Å²) in [6.45, 7) is -1.04. The summed E-state index contributed by atoms with van der Waals surface area (Å²) >= 11 is 0. The second-order valence-corrected chi connectivity index (χ2v) is 6.38. The van der Waals surface area contributed by atoms with Gasteiger partial charge in [-0.2, -0.15) is 13.2 Å². The van der Waals surface area contributed by atoms with E-state index >= 15 is 0 Å². The first-order valence-corrected chi connectivity index (χ1v) is 7.91. The van der Waals surface area contributed by atoms with Gasteiger partial charge in [0.25, 0.3) is 0 Å². The van der Waals surface area contributed by atoms with Crippen LogP contribution >= 0.6 is 0 Å². The molecule has 0 radical (unpaired) electrons. The van der Waals surface area contributed by atoms with Crippen molar-refractivity contribution in [2.24, 2.45) is 11.8 Å². The third-order valence-corrected chi connectivity index (χ3v) is 4.77. The summed E-state index contributed by atoms with van der Waals surface area (Å²) in [5, 5.41) is 9.04. The van der Waals surface area contributed by atoms with Gasteiger partial charge in [0, 0.05) is 19.1 Å². The predicted octanol–water partition coefficient (Wildman–Crippen LogP) is 1.32. The first-order chi connectivity index (χ1) is 11.8. The minimum atomic E-state index is -4.65. The number of carboxylic acid groups (broad SMARTS) is 1. The Morgan fingerprint density at radius 3 is 2.36 bits per heavy atom. The van der Waals surface area contributed by atoms with Crippen LogP contribution in [0.25, 0.3) is 0 Å². The zero-order chi connectivity index (χ0) is 18.2. The molecule has 0 spiro atoms. The summed E-state index contributed by atoms with van der Waals surface area (Å²) in [7, 11) is 0. The molecule has 1 aromatic carbocycles. The average Bonchev–Trinajstić information content (AvgIpc) is 3.22. The molecule has 2 heterocycles. The molecule has 0 saturated carbocycles. The topological polar surface area (TPSA) is 81.7 Å². The highest BCUT2D eigenvalue weighted by molar-refractivity contribution is 5.84. The lowest BCUT2D eigenvalue weighted by molar-refractivity contribution is -0.188. The van der Waals surface area contributed by atoms with Crippen molar-refractivity contribution in [3.05, 3.63) is 35.9 Å². The lowest BCUT2D eigenvalue weighted by Gasteiger charge is -2.20. The normalized spacial score (nSPS) is 29.8. The van der Waals surface area contributed by atoms with Crippen molar-refractivity contribution in [2.45, 2.75) is 24.7 Å². The number of benzene rings is 1. The molecule has 3 rings (SSSR count). The quantitative estimate of drug-likeness (QED) is 0.760. The fraction of sp³-hybridized carbons (Fsp3) is 0.500. The van der Waals surface area contributed by atoms with E-state index in [1.165, 1.54) is 0 Å². The molecule has 2 unspecified atom stereocenters. The number of amides is 1. The Kier molecular flexibility index (Phi) is 4.70. The molecule has 0 aliphatic carbocycles. The standard InChI is InChI=1S/C16H18F3N3O3/c17-16(18,19)11-8-22(7-10(11)15(24)25)14(23)13-6-12(20-21-13)9-4-2-1-3-5-9/h1-5,10-13,20-21H,6-8H2,(H,24,25)/t10-,11-,12?,13?/m1/s1. The average molecular weight is 357 g/mol. The highest BCUT2D eigenvalue weighted by Crippen LogP contribution is 2.38. The highest BCUT2D eigenvalue weighted by atomic mass is 19.4. The van der Waals surface area contributed by atoms with Crippen molar-refractivity contribution >= 4 is 11.9 Å². The fourth-order valence-electron chi connectivity index (χ4n) is 3.41. The smallest absolute Gasteiger partial charge is 0.394 e. The number of hydrazine groups is 1. The largest absolute Gasteiger partial charge is 0.481 e. The van der Waals surface area contributed by atoms with E-state index in [4.69, 9.17) is 5.11 Å². The summed E-state index contributed by atoms with van der Waals surface area (Å²) < 4.78 is 39.1. The molecule has 0 aromatic heterocycles. The van der Waals surface area contributed by atoms with Gasteiger partial charge in [-0.1, -0.05) is 30.3 Å². The number of likely N-dealkylation sites (tertiary alicyclic amines) is 1. The number of hydrogen-bond acceptors (Lipinski definition) is 4. The first-order valence-electron chi connectivity index (χ1n) is 7.91. The first kappa shape index (κ1) is 17.7. The number of nitrogens with one attached hydrogen (secondary N) is 2. The molecule has 4 atom stereocenters. The number of alkyl halides is 3. The third kappa shape index (κ3) is 3.62. The van der Waals surface area contributed by atoms with Crippen LogP contribution in [0.5, 0.6) is 0 Å². The Bertz CT molecular complexity index is 653. The van der Waals surface area contributed by atoms with E-state index in [9.17, 15) is 22.8 Å². The predicted molar refractivity (Wildman–Crippen MR) is 81.1 cm³/mol. The molecule has 25 heavy (non-hydrogen) atoms. The van der Waals surface area contributed by atoms with Gasteiger partial charge in [0.15, 0.2) is 0 Å². The summed E-state index contributed by atoms with van der Waals surface area (Å²) in [5.41, 5.74) is 6.74. The Hall–Kier alpha value is -2.13. The monoisotopic (exact) mass is 357 g/mol. The van der Waals surface area contributed by atoms with Gasteiger partial charge >= 0.3 is 12.1 Å². The minimum Gasteiger partial charge on any atom is -0.481 e. The molecule has 2 aliphatic rings. The fourth-order valence-corrected chi connectivity index (χ4v) is 3.41. The minimum absolute atomic E-state index is 0.133. The molecule has 9 heteroatoms. The van der Waals surface area contributed by atoms with E-state index in [0.717, 1.165) is 10.5 Å². The Balaban J connectivity index is 1.67. The summed E-state index contributed by atoms with van der Waals surface area (Å²) in [6, 6.07) is 8.54. The van der Waals surface area contributed by atoms with E-state index in [0.29, 0.717) is 6.42 Å². The van der Waals surface area contributed by atoms with Gasteiger partial charge in [0.1, 0.15) is 6.04 Å². The van der Waals surface area contributed by atoms with Gasteiger partial charge < -0.3 is 10.0 Å². The number of aliphatic carboxylic acids is 1. The van der Waals surface area contributed by atoms with Crippen molar-refractivity contribution in [3.8, 4) is 0 Å². The van der Waals surface area contributed by atoms with Crippen LogP contribution in [-0.4, -0.2) is 47.2 Å². The van der Waals surface area contributed by atoms with E-state index in [1.807, 2.05) is 30.3 Å². The lowest BCUT2D eigenvalue weighted by Crippen LogP contribution is -2.45. The van der Waals surface area contributed by atoms with Crippen LogP contribution in [-0.2, 0) is 9.59 Å². The van der Waals surface area contributed by atoms with Crippen LogP contribution in [0, 0.1) is 11.8 Å². The number of carboxylic acids is 1. The molecule has 2 aliphatic heterocycles. The highest BCUT2D eigenvalue weighted by Gasteiger charge is 2.54. The van der Waals surface area contributed by atoms with Gasteiger partial charge in [-0.25, -0.2) is 10.9 Å². The van der Waals surface area contributed by atoms with Crippen molar-refractivity contribution in [3.63, 3.8) is 0 Å². The molecule has 6 nitrogen and oxygen atoms in total. The van der Waals surface area contributed by atoms with E-state index in [1.54, 1.807) is 0 Å². The second-order valence-electron chi connectivity index (χ2n) is 6.38. The Morgan fingerprint density at radius 2 is 1.80 bits per heavy atom. The van der Waals surface area contributed by atoms with Gasteiger partial charge in [0.2, 0.25) is 5.91 Å². The molecular weight excluding hydrogens is 339 g/mol. The maximum Gasteiger partial charge on any atom is 0.394 e. The van der Waals surface area contributed by atoms with E-state index in [-0.39, 0.29) is 6.04 Å². The van der Waals surface area contributed by atoms with Gasteiger partial charge in [0.05, 0.1) is 11.8 Å². The zero-order valence-corrected chi connectivity index (χ0v) is 13.2. The van der Waals surface area contributed by atoms with Gasteiger partial charge in [-0.05, 0) is 12.0 Å². The molecule has 3 N–H and O–H groups in total. The van der Waals surface area contributed by atoms with Crippen molar-refractivity contribution < 1.29 is 27.9 Å². The third-order valence-electron chi connectivity index (χ3n) is 4.77. The summed E-state index contributed by atoms with van der Waals surface area (Å²) in [5.74, 6) is -5.70. The second kappa shape index (κ2) is 6.64. The van der Waals surface area contributed by atoms with Gasteiger partial charge in [-0.3, -0.25) is 9.59 Å².